The van der Waals surface area contributed by atoms with Gasteiger partial charge in [0, 0.05) is 25.3 Å². The highest BCUT2D eigenvalue weighted by Gasteiger charge is 2.36. The van der Waals surface area contributed by atoms with Crippen molar-refractivity contribution in [2.24, 2.45) is 0 Å². The normalized spacial score (nSPS) is 23.7. The van der Waals surface area contributed by atoms with Crippen LogP contribution in [0.1, 0.15) is 36.8 Å². The van der Waals surface area contributed by atoms with Gasteiger partial charge in [0.1, 0.15) is 5.82 Å². The molecule has 0 aliphatic carbocycles. The third kappa shape index (κ3) is 3.45. The number of ether oxygens (including phenoxy) is 1. The number of nitrogens with one attached hydrogen (secondary N) is 1. The Hall–Kier alpha value is -2.13. The predicted octanol–water partition coefficient (Wildman–Crippen LogP) is 2.55. The topological polar surface area (TPSA) is 65.4 Å². The van der Waals surface area contributed by atoms with Crippen molar-refractivity contribution in [2.45, 2.75) is 44.4 Å². The number of urea groups is 1. The Morgan fingerprint density at radius 1 is 1.43 bits per heavy atom. The van der Waals surface area contributed by atoms with Gasteiger partial charge < -0.3 is 15.0 Å². The summed E-state index contributed by atoms with van der Waals surface area (Å²) in [6.45, 7) is 1.55. The van der Waals surface area contributed by atoms with Gasteiger partial charge in [0.05, 0.1) is 23.8 Å². The van der Waals surface area contributed by atoms with Gasteiger partial charge in [-0.15, -0.1) is 0 Å². The summed E-state index contributed by atoms with van der Waals surface area (Å²) in [7, 11) is 0. The molecule has 3 rings (SSSR count). The summed E-state index contributed by atoms with van der Waals surface area (Å²) in [6.07, 6.45) is 4.09. The molecule has 0 radical (unpaired) electrons. The first-order valence-electron chi connectivity index (χ1n) is 8.03. The molecule has 2 heterocycles. The SMILES string of the molecule is N#Cc1ccc(F)c(CNC(=O)N2CCC[C@H]2[C@@H]2CCCO2)c1. The van der Waals surface area contributed by atoms with Gasteiger partial charge in [-0.25, -0.2) is 9.18 Å². The first-order chi connectivity index (χ1) is 11.2. The lowest BCUT2D eigenvalue weighted by molar-refractivity contribution is 0.0520. The second kappa shape index (κ2) is 6.97. The van der Waals surface area contributed by atoms with Gasteiger partial charge in [-0.2, -0.15) is 5.26 Å². The summed E-state index contributed by atoms with van der Waals surface area (Å²) in [5.41, 5.74) is 0.708. The van der Waals surface area contributed by atoms with Gasteiger partial charge in [-0.1, -0.05) is 0 Å². The van der Waals surface area contributed by atoms with Crippen molar-refractivity contribution in [3.63, 3.8) is 0 Å². The maximum absolute atomic E-state index is 13.8. The van der Waals surface area contributed by atoms with Crippen LogP contribution in [0.3, 0.4) is 0 Å². The summed E-state index contributed by atoms with van der Waals surface area (Å²) in [6, 6.07) is 6.05. The zero-order valence-corrected chi connectivity index (χ0v) is 12.9. The summed E-state index contributed by atoms with van der Waals surface area (Å²) >= 11 is 0. The Kier molecular flexibility index (Phi) is 4.77. The molecule has 2 aliphatic rings. The fourth-order valence-electron chi connectivity index (χ4n) is 3.39. The molecule has 2 aliphatic heterocycles. The molecule has 0 unspecified atom stereocenters. The van der Waals surface area contributed by atoms with Gasteiger partial charge in [-0.05, 0) is 43.9 Å². The molecular formula is C17H20FN3O2. The van der Waals surface area contributed by atoms with E-state index in [1.165, 1.54) is 18.2 Å². The third-order valence-corrected chi connectivity index (χ3v) is 4.56. The number of carbonyl (C=O) groups is 1. The van der Waals surface area contributed by atoms with Crippen molar-refractivity contribution < 1.29 is 13.9 Å². The van der Waals surface area contributed by atoms with Crippen LogP contribution in [-0.4, -0.2) is 36.2 Å². The fourth-order valence-corrected chi connectivity index (χ4v) is 3.39. The van der Waals surface area contributed by atoms with Crippen LogP contribution in [0.15, 0.2) is 18.2 Å². The Morgan fingerprint density at radius 2 is 2.30 bits per heavy atom. The van der Waals surface area contributed by atoms with E-state index in [0.717, 1.165) is 32.3 Å². The number of nitrogens with zero attached hydrogens (tertiary/aromatic N) is 2. The van der Waals surface area contributed by atoms with Crippen LogP contribution in [0.5, 0.6) is 0 Å². The monoisotopic (exact) mass is 317 g/mol. The second-order valence-corrected chi connectivity index (χ2v) is 6.03. The van der Waals surface area contributed by atoms with E-state index in [1.807, 2.05) is 11.0 Å². The number of benzene rings is 1. The third-order valence-electron chi connectivity index (χ3n) is 4.56. The average Bonchev–Trinajstić information content (AvgIpc) is 3.24. The highest BCUT2D eigenvalue weighted by Crippen LogP contribution is 2.27. The molecule has 2 amide bonds. The number of hydrogen-bond donors (Lipinski definition) is 1. The van der Waals surface area contributed by atoms with E-state index in [4.69, 9.17) is 10.00 Å². The van der Waals surface area contributed by atoms with E-state index in [2.05, 4.69) is 5.32 Å². The number of halogens is 1. The minimum absolute atomic E-state index is 0.0783. The number of nitriles is 1. The molecule has 23 heavy (non-hydrogen) atoms. The van der Waals surface area contributed by atoms with Crippen LogP contribution in [-0.2, 0) is 11.3 Å². The number of likely N-dealkylation sites (tertiary alicyclic amines) is 1. The number of rotatable bonds is 3. The van der Waals surface area contributed by atoms with Crippen molar-refractivity contribution in [2.75, 3.05) is 13.2 Å². The fraction of sp³-hybridized carbons (Fsp3) is 0.529. The Balaban J connectivity index is 1.61. The Bertz CT molecular complexity index is 623. The first kappa shape index (κ1) is 15.8. The van der Waals surface area contributed by atoms with E-state index in [-0.39, 0.29) is 24.7 Å². The van der Waals surface area contributed by atoms with Crippen molar-refractivity contribution >= 4 is 6.03 Å². The maximum atomic E-state index is 13.8. The maximum Gasteiger partial charge on any atom is 0.318 e. The molecule has 0 saturated carbocycles. The molecule has 2 saturated heterocycles. The summed E-state index contributed by atoms with van der Waals surface area (Å²) in [5, 5.41) is 11.6. The van der Waals surface area contributed by atoms with E-state index in [9.17, 15) is 9.18 Å². The largest absolute Gasteiger partial charge is 0.376 e. The molecule has 0 aromatic heterocycles. The lowest BCUT2D eigenvalue weighted by Gasteiger charge is -2.29. The molecule has 2 atom stereocenters. The van der Waals surface area contributed by atoms with Crippen molar-refractivity contribution in [3.8, 4) is 6.07 Å². The molecule has 1 N–H and O–H groups in total. The Labute approximate surface area is 135 Å². The minimum atomic E-state index is -0.415. The molecular weight excluding hydrogens is 297 g/mol. The summed E-state index contributed by atoms with van der Waals surface area (Å²) in [5.74, 6) is -0.415. The van der Waals surface area contributed by atoms with E-state index >= 15 is 0 Å². The predicted molar refractivity (Wildman–Crippen MR) is 82.1 cm³/mol. The molecule has 1 aromatic rings. The zero-order valence-electron chi connectivity index (χ0n) is 12.9. The van der Waals surface area contributed by atoms with Gasteiger partial charge in [0.15, 0.2) is 0 Å². The number of amides is 2. The molecule has 122 valence electrons. The van der Waals surface area contributed by atoms with Crippen LogP contribution in [0, 0.1) is 17.1 Å². The average molecular weight is 317 g/mol. The van der Waals surface area contributed by atoms with E-state index in [1.54, 1.807) is 0 Å². The highest BCUT2D eigenvalue weighted by atomic mass is 19.1. The molecule has 0 spiro atoms. The lowest BCUT2D eigenvalue weighted by atomic mass is 10.1. The van der Waals surface area contributed by atoms with Crippen molar-refractivity contribution in [3.05, 3.63) is 35.1 Å². The van der Waals surface area contributed by atoms with Crippen LogP contribution >= 0.6 is 0 Å². The van der Waals surface area contributed by atoms with Crippen molar-refractivity contribution in [1.29, 1.82) is 5.26 Å². The number of carbonyl (C=O) groups excluding carboxylic acids is 1. The van der Waals surface area contributed by atoms with Crippen LogP contribution in [0.4, 0.5) is 9.18 Å². The smallest absolute Gasteiger partial charge is 0.318 e. The van der Waals surface area contributed by atoms with Gasteiger partial charge in [0.2, 0.25) is 0 Å². The molecule has 2 fully saturated rings. The van der Waals surface area contributed by atoms with Gasteiger partial charge >= 0.3 is 6.03 Å². The summed E-state index contributed by atoms with van der Waals surface area (Å²) in [4.78, 5) is 14.2. The quantitative estimate of drug-likeness (QED) is 0.932. The minimum Gasteiger partial charge on any atom is -0.376 e. The Morgan fingerprint density at radius 3 is 3.04 bits per heavy atom. The second-order valence-electron chi connectivity index (χ2n) is 6.03. The molecule has 6 heteroatoms. The van der Waals surface area contributed by atoms with Gasteiger partial charge in [-0.3, -0.25) is 0 Å². The van der Waals surface area contributed by atoms with Crippen molar-refractivity contribution in [1.82, 2.24) is 10.2 Å². The lowest BCUT2D eigenvalue weighted by Crippen LogP contribution is -2.47. The molecule has 5 nitrogen and oxygen atoms in total. The number of hydrogen-bond acceptors (Lipinski definition) is 3. The van der Waals surface area contributed by atoms with Crippen LogP contribution in [0.25, 0.3) is 0 Å². The first-order valence-corrected chi connectivity index (χ1v) is 8.03. The standard InChI is InChI=1S/C17H20FN3O2/c18-14-6-5-12(10-19)9-13(14)11-20-17(22)21-7-1-3-15(21)16-4-2-8-23-16/h5-6,9,15-16H,1-4,7-8,11H2,(H,20,22)/t15-,16-/m0/s1. The molecule has 1 aromatic carbocycles. The van der Waals surface area contributed by atoms with Crippen LogP contribution < -0.4 is 5.32 Å². The van der Waals surface area contributed by atoms with E-state index < -0.39 is 5.82 Å². The van der Waals surface area contributed by atoms with Crippen LogP contribution in [0.2, 0.25) is 0 Å². The molecule has 0 bridgehead atoms. The van der Waals surface area contributed by atoms with Gasteiger partial charge in [0.25, 0.3) is 0 Å². The summed E-state index contributed by atoms with van der Waals surface area (Å²) < 4.78 is 19.5. The van der Waals surface area contributed by atoms with E-state index in [0.29, 0.717) is 17.7 Å². The highest BCUT2D eigenvalue weighted by molar-refractivity contribution is 5.75. The zero-order chi connectivity index (χ0) is 16.2.